The first-order valence-electron chi connectivity index (χ1n) is 8.60. The summed E-state index contributed by atoms with van der Waals surface area (Å²) in [4.78, 5) is 37.6. The van der Waals surface area contributed by atoms with Gasteiger partial charge in [-0.25, -0.2) is 0 Å². The summed E-state index contributed by atoms with van der Waals surface area (Å²) >= 11 is 0. The molecule has 1 aromatic rings. The Morgan fingerprint density at radius 3 is 2.58 bits per heavy atom. The van der Waals surface area contributed by atoms with E-state index in [1.807, 2.05) is 0 Å². The summed E-state index contributed by atoms with van der Waals surface area (Å²) in [6.07, 6.45) is 5.31. The zero-order valence-electron chi connectivity index (χ0n) is 13.7. The standard InChI is InChI=1S/C18H23N3O3/c22-16(12-21-10-3-1-2-7-17(21)23)19-14-5-4-6-15(11-14)20-18(24)13-8-9-13/h4-6,11,13H,1-3,7-10,12H2,(H,19,22)(H,20,24). The fourth-order valence-corrected chi connectivity index (χ4v) is 2.84. The average molecular weight is 329 g/mol. The molecule has 3 amide bonds. The molecule has 6 nitrogen and oxygen atoms in total. The van der Waals surface area contributed by atoms with Crippen molar-refractivity contribution < 1.29 is 14.4 Å². The molecule has 2 N–H and O–H groups in total. The van der Waals surface area contributed by atoms with Crippen LogP contribution in [-0.2, 0) is 14.4 Å². The van der Waals surface area contributed by atoms with Crippen LogP contribution in [0.15, 0.2) is 24.3 Å². The van der Waals surface area contributed by atoms with Gasteiger partial charge in [-0.2, -0.15) is 0 Å². The second-order valence-electron chi connectivity index (χ2n) is 6.52. The molecule has 1 aliphatic carbocycles. The van der Waals surface area contributed by atoms with Crippen molar-refractivity contribution in [1.82, 2.24) is 4.90 Å². The molecular formula is C18H23N3O3. The summed E-state index contributed by atoms with van der Waals surface area (Å²) in [5.41, 5.74) is 1.30. The molecule has 3 rings (SSSR count). The Labute approximate surface area is 141 Å². The summed E-state index contributed by atoms with van der Waals surface area (Å²) in [6.45, 7) is 0.723. The Balaban J connectivity index is 1.55. The van der Waals surface area contributed by atoms with Crippen molar-refractivity contribution in [1.29, 1.82) is 0 Å². The van der Waals surface area contributed by atoms with Crippen molar-refractivity contribution in [2.75, 3.05) is 23.7 Å². The van der Waals surface area contributed by atoms with Crippen LogP contribution in [0.3, 0.4) is 0 Å². The van der Waals surface area contributed by atoms with E-state index in [1.165, 1.54) is 0 Å². The van der Waals surface area contributed by atoms with Crippen molar-refractivity contribution in [2.24, 2.45) is 5.92 Å². The second kappa shape index (κ2) is 7.47. The van der Waals surface area contributed by atoms with Crippen molar-refractivity contribution >= 4 is 29.1 Å². The molecule has 6 heteroatoms. The van der Waals surface area contributed by atoms with Gasteiger partial charge in [-0.15, -0.1) is 0 Å². The molecule has 0 unspecified atom stereocenters. The number of anilines is 2. The summed E-state index contributed by atoms with van der Waals surface area (Å²) < 4.78 is 0. The van der Waals surface area contributed by atoms with Gasteiger partial charge in [-0.3, -0.25) is 14.4 Å². The van der Waals surface area contributed by atoms with Gasteiger partial charge in [-0.05, 0) is 43.9 Å². The molecule has 0 atom stereocenters. The number of likely N-dealkylation sites (tertiary alicyclic amines) is 1. The van der Waals surface area contributed by atoms with Crippen LogP contribution < -0.4 is 10.6 Å². The highest BCUT2D eigenvalue weighted by Crippen LogP contribution is 2.30. The maximum Gasteiger partial charge on any atom is 0.243 e. The molecule has 2 fully saturated rings. The number of rotatable bonds is 5. The third-order valence-corrected chi connectivity index (χ3v) is 4.37. The van der Waals surface area contributed by atoms with E-state index in [0.717, 1.165) is 32.1 Å². The normalized spacial score (nSPS) is 18.0. The molecule has 1 heterocycles. The first-order valence-corrected chi connectivity index (χ1v) is 8.60. The quantitative estimate of drug-likeness (QED) is 0.870. The van der Waals surface area contributed by atoms with Crippen LogP contribution >= 0.6 is 0 Å². The highest BCUT2D eigenvalue weighted by molar-refractivity contribution is 5.97. The third-order valence-electron chi connectivity index (χ3n) is 4.37. The van der Waals surface area contributed by atoms with E-state index >= 15 is 0 Å². The van der Waals surface area contributed by atoms with E-state index < -0.39 is 0 Å². The largest absolute Gasteiger partial charge is 0.333 e. The molecule has 1 aromatic carbocycles. The first kappa shape index (κ1) is 16.5. The molecule has 0 radical (unpaired) electrons. The van der Waals surface area contributed by atoms with E-state index in [2.05, 4.69) is 10.6 Å². The van der Waals surface area contributed by atoms with Crippen molar-refractivity contribution in [2.45, 2.75) is 38.5 Å². The number of nitrogens with zero attached hydrogens (tertiary/aromatic N) is 1. The molecule has 1 saturated heterocycles. The van der Waals surface area contributed by atoms with Crippen LogP contribution in [0.5, 0.6) is 0 Å². The van der Waals surface area contributed by atoms with Gasteiger partial charge >= 0.3 is 0 Å². The lowest BCUT2D eigenvalue weighted by atomic mass is 10.2. The Hall–Kier alpha value is -2.37. The highest BCUT2D eigenvalue weighted by Gasteiger charge is 2.29. The number of amides is 3. The number of hydrogen-bond donors (Lipinski definition) is 2. The Morgan fingerprint density at radius 1 is 1.08 bits per heavy atom. The summed E-state index contributed by atoms with van der Waals surface area (Å²) in [7, 11) is 0. The molecule has 0 bridgehead atoms. The second-order valence-corrected chi connectivity index (χ2v) is 6.52. The Kier molecular flexibility index (Phi) is 5.13. The number of nitrogens with one attached hydrogen (secondary N) is 2. The molecular weight excluding hydrogens is 306 g/mol. The fraction of sp³-hybridized carbons (Fsp3) is 0.500. The molecule has 2 aliphatic rings. The average Bonchev–Trinajstić information content (AvgIpc) is 3.38. The van der Waals surface area contributed by atoms with Crippen molar-refractivity contribution in [3.05, 3.63) is 24.3 Å². The molecule has 0 aromatic heterocycles. The lowest BCUT2D eigenvalue weighted by Crippen LogP contribution is -2.37. The molecule has 128 valence electrons. The number of carbonyl (C=O) groups is 3. The van der Waals surface area contributed by atoms with Crippen LogP contribution in [0.2, 0.25) is 0 Å². The SMILES string of the molecule is O=C(CN1CCCCCC1=O)Nc1cccc(NC(=O)C2CC2)c1. The van der Waals surface area contributed by atoms with Crippen LogP contribution in [-0.4, -0.2) is 35.7 Å². The molecule has 1 aliphatic heterocycles. The van der Waals surface area contributed by atoms with Crippen molar-refractivity contribution in [3.8, 4) is 0 Å². The summed E-state index contributed by atoms with van der Waals surface area (Å²) in [5, 5.41) is 5.66. The lowest BCUT2D eigenvalue weighted by molar-refractivity contribution is -0.134. The third kappa shape index (κ3) is 4.57. The minimum atomic E-state index is -0.212. The highest BCUT2D eigenvalue weighted by atomic mass is 16.2. The van der Waals surface area contributed by atoms with Crippen LogP contribution in [0.25, 0.3) is 0 Å². The van der Waals surface area contributed by atoms with Crippen LogP contribution in [0, 0.1) is 5.92 Å². The van der Waals surface area contributed by atoms with Crippen LogP contribution in [0.4, 0.5) is 11.4 Å². The van der Waals surface area contributed by atoms with E-state index in [1.54, 1.807) is 29.2 Å². The van der Waals surface area contributed by atoms with Crippen LogP contribution in [0.1, 0.15) is 38.5 Å². The maximum atomic E-state index is 12.2. The first-order chi connectivity index (χ1) is 11.6. The van der Waals surface area contributed by atoms with Gasteiger partial charge in [0.1, 0.15) is 0 Å². The molecule has 0 spiro atoms. The van der Waals surface area contributed by atoms with Gasteiger partial charge < -0.3 is 15.5 Å². The number of hydrogen-bond acceptors (Lipinski definition) is 3. The zero-order valence-corrected chi connectivity index (χ0v) is 13.7. The van der Waals surface area contributed by atoms with Gasteiger partial charge in [0.15, 0.2) is 0 Å². The number of carbonyl (C=O) groups excluding carboxylic acids is 3. The summed E-state index contributed by atoms with van der Waals surface area (Å²) in [6, 6.07) is 7.10. The van der Waals surface area contributed by atoms with E-state index in [9.17, 15) is 14.4 Å². The Morgan fingerprint density at radius 2 is 1.83 bits per heavy atom. The predicted molar refractivity (Wildman–Crippen MR) is 91.5 cm³/mol. The minimum Gasteiger partial charge on any atom is -0.333 e. The fourth-order valence-electron chi connectivity index (χ4n) is 2.84. The molecule has 24 heavy (non-hydrogen) atoms. The van der Waals surface area contributed by atoms with Gasteiger partial charge in [0, 0.05) is 30.3 Å². The van der Waals surface area contributed by atoms with Crippen molar-refractivity contribution in [3.63, 3.8) is 0 Å². The number of benzene rings is 1. The van der Waals surface area contributed by atoms with E-state index in [0.29, 0.717) is 24.3 Å². The monoisotopic (exact) mass is 329 g/mol. The molecule has 1 saturated carbocycles. The topological polar surface area (TPSA) is 78.5 Å². The van der Waals surface area contributed by atoms with E-state index in [4.69, 9.17) is 0 Å². The van der Waals surface area contributed by atoms with Gasteiger partial charge in [0.05, 0.1) is 6.54 Å². The predicted octanol–water partition coefficient (Wildman–Crippen LogP) is 2.38. The van der Waals surface area contributed by atoms with Gasteiger partial charge in [-0.1, -0.05) is 12.5 Å². The Bertz CT molecular complexity index is 640. The van der Waals surface area contributed by atoms with Gasteiger partial charge in [0.25, 0.3) is 0 Å². The smallest absolute Gasteiger partial charge is 0.243 e. The zero-order chi connectivity index (χ0) is 16.9. The van der Waals surface area contributed by atoms with Gasteiger partial charge in [0.2, 0.25) is 17.7 Å². The minimum absolute atomic E-state index is 0.0358. The summed E-state index contributed by atoms with van der Waals surface area (Å²) in [5.74, 6) is 0.00922. The maximum absolute atomic E-state index is 12.2. The van der Waals surface area contributed by atoms with E-state index in [-0.39, 0.29) is 30.2 Å². The lowest BCUT2D eigenvalue weighted by Gasteiger charge is -2.19.